The summed E-state index contributed by atoms with van der Waals surface area (Å²) in [7, 11) is 0. The number of esters is 1. The maximum Gasteiger partial charge on any atom is 0.311 e. The maximum absolute atomic E-state index is 14.5. The highest BCUT2D eigenvalue weighted by atomic mass is 35.5. The van der Waals surface area contributed by atoms with Crippen molar-refractivity contribution < 1.29 is 24.2 Å². The number of aliphatic hydroxyl groups is 1. The third-order valence-corrected chi connectivity index (χ3v) is 10.2. The Kier molecular flexibility index (Phi) is 7.44. The summed E-state index contributed by atoms with van der Waals surface area (Å²) in [4.78, 5) is 45.8. The average molecular weight is 559 g/mol. The van der Waals surface area contributed by atoms with Crippen molar-refractivity contribution in [2.45, 2.75) is 61.6 Å². The van der Waals surface area contributed by atoms with Gasteiger partial charge in [-0.05, 0) is 56.4 Å². The molecule has 4 aliphatic heterocycles. The number of cyclic esters (lactones) is 1. The number of thioether (sulfide) groups is 1. The van der Waals surface area contributed by atoms with Crippen LogP contribution < -0.4 is 4.90 Å². The van der Waals surface area contributed by atoms with Crippen molar-refractivity contribution in [1.82, 2.24) is 4.90 Å². The second-order valence-electron chi connectivity index (χ2n) is 11.2. The molecule has 38 heavy (non-hydrogen) atoms. The van der Waals surface area contributed by atoms with Gasteiger partial charge in [0, 0.05) is 22.0 Å². The van der Waals surface area contributed by atoms with Crippen LogP contribution in [0.2, 0.25) is 5.02 Å². The van der Waals surface area contributed by atoms with E-state index < -0.39 is 39.4 Å². The lowest BCUT2D eigenvalue weighted by molar-refractivity contribution is -0.154. The van der Waals surface area contributed by atoms with E-state index in [0.717, 1.165) is 12.8 Å². The maximum atomic E-state index is 14.5. The second kappa shape index (κ2) is 10.4. The van der Waals surface area contributed by atoms with Crippen LogP contribution in [0, 0.1) is 17.8 Å². The number of allylic oxidation sites excluding steroid dienone is 1. The molecule has 0 saturated carbocycles. The number of rotatable bonds is 5. The Morgan fingerprint density at radius 3 is 2.53 bits per heavy atom. The Morgan fingerprint density at radius 1 is 1.11 bits per heavy atom. The number of amides is 2. The number of likely N-dealkylation sites (tertiary alicyclic amines) is 1. The fourth-order valence-corrected chi connectivity index (χ4v) is 8.91. The van der Waals surface area contributed by atoms with Crippen LogP contribution in [-0.4, -0.2) is 69.1 Å². The van der Waals surface area contributed by atoms with Crippen LogP contribution in [0.3, 0.4) is 0 Å². The first-order chi connectivity index (χ1) is 18.1. The van der Waals surface area contributed by atoms with Gasteiger partial charge in [0.1, 0.15) is 6.04 Å². The van der Waals surface area contributed by atoms with E-state index in [4.69, 9.17) is 16.3 Å². The van der Waals surface area contributed by atoms with Crippen LogP contribution in [0.25, 0.3) is 0 Å². The van der Waals surface area contributed by atoms with Crippen molar-refractivity contribution in [2.24, 2.45) is 17.8 Å². The van der Waals surface area contributed by atoms with Gasteiger partial charge in [-0.15, -0.1) is 11.8 Å². The molecule has 4 heterocycles. The number of hydrogen-bond acceptors (Lipinski definition) is 6. The molecule has 0 bridgehead atoms. The molecule has 204 valence electrons. The SMILES string of the molecule is CC(C)C[C@H](CO)N1C(=O)[C@@H]2[C@@H]3C(=O)OCCC/C=C\[C@]3(C)S[C@@]23C=CCN(c2ccc(Cl)cc2)C(=O)C13. The molecule has 1 N–H and O–H groups in total. The van der Waals surface area contributed by atoms with Gasteiger partial charge in [0.25, 0.3) is 5.91 Å². The molecule has 2 fully saturated rings. The Balaban J connectivity index is 1.67. The average Bonchev–Trinajstić information content (AvgIpc) is 3.22. The van der Waals surface area contributed by atoms with Crippen LogP contribution in [0.1, 0.15) is 40.0 Å². The molecule has 0 aliphatic carbocycles. The van der Waals surface area contributed by atoms with Crippen LogP contribution in [0.4, 0.5) is 5.69 Å². The molecule has 9 heteroatoms. The standard InChI is InChI=1S/C29H35ClN2O5S/c1-18(2)16-21(17-33)32-24-26(35)31(20-10-8-19(30)9-11-20)14-7-13-29(24)22(25(32)34)23-27(36)37-15-6-4-5-12-28(23,3)38-29/h5,7-13,18,21-24,33H,4,6,14-17H2,1-3H3/b12-5-/t21-,22+,23-,24?,28+,29+/m1/s1. The van der Waals surface area contributed by atoms with E-state index in [9.17, 15) is 19.5 Å². The summed E-state index contributed by atoms with van der Waals surface area (Å²) in [6.07, 6.45) is 10.1. The van der Waals surface area contributed by atoms with E-state index in [1.54, 1.807) is 34.1 Å². The van der Waals surface area contributed by atoms with E-state index in [1.165, 1.54) is 11.8 Å². The molecule has 2 saturated heterocycles. The van der Waals surface area contributed by atoms with Crippen molar-refractivity contribution >= 4 is 46.8 Å². The lowest BCUT2D eigenvalue weighted by Crippen LogP contribution is -2.57. The van der Waals surface area contributed by atoms with Crippen molar-refractivity contribution in [3.05, 3.63) is 53.6 Å². The van der Waals surface area contributed by atoms with Gasteiger partial charge >= 0.3 is 5.97 Å². The molecule has 0 radical (unpaired) electrons. The fourth-order valence-electron chi connectivity index (χ4n) is 6.64. The van der Waals surface area contributed by atoms with Gasteiger partial charge in [0.15, 0.2) is 0 Å². The summed E-state index contributed by atoms with van der Waals surface area (Å²) < 4.78 is 3.97. The minimum atomic E-state index is -0.984. The minimum absolute atomic E-state index is 0.191. The number of ether oxygens (including phenoxy) is 1. The van der Waals surface area contributed by atoms with Crippen LogP contribution in [0.15, 0.2) is 48.6 Å². The quantitative estimate of drug-likeness (QED) is 0.430. The lowest BCUT2D eigenvalue weighted by Gasteiger charge is -2.40. The summed E-state index contributed by atoms with van der Waals surface area (Å²) >= 11 is 7.64. The van der Waals surface area contributed by atoms with Crippen molar-refractivity contribution in [3.8, 4) is 0 Å². The first kappa shape index (κ1) is 27.3. The first-order valence-electron chi connectivity index (χ1n) is 13.3. The van der Waals surface area contributed by atoms with E-state index in [2.05, 4.69) is 6.08 Å². The normalized spacial score (nSPS) is 34.6. The van der Waals surface area contributed by atoms with E-state index in [-0.39, 0.29) is 24.3 Å². The Hall–Kier alpha value is -2.29. The molecule has 1 unspecified atom stereocenters. The molecule has 0 aromatic heterocycles. The molecule has 5 rings (SSSR count). The van der Waals surface area contributed by atoms with E-state index >= 15 is 0 Å². The van der Waals surface area contributed by atoms with Crippen LogP contribution in [0.5, 0.6) is 0 Å². The van der Waals surface area contributed by atoms with Crippen LogP contribution in [-0.2, 0) is 19.1 Å². The predicted molar refractivity (Wildman–Crippen MR) is 149 cm³/mol. The Morgan fingerprint density at radius 2 is 1.84 bits per heavy atom. The summed E-state index contributed by atoms with van der Waals surface area (Å²) in [6, 6.07) is 5.63. The number of carbonyl (C=O) groups excluding carboxylic acids is 3. The topological polar surface area (TPSA) is 87.2 Å². The van der Waals surface area contributed by atoms with Gasteiger partial charge in [0.2, 0.25) is 5.91 Å². The Labute approximate surface area is 233 Å². The summed E-state index contributed by atoms with van der Waals surface area (Å²) in [5.74, 6) is -2.24. The number of fused-ring (bicyclic) bond motifs is 2. The molecule has 4 aliphatic rings. The van der Waals surface area contributed by atoms with E-state index in [0.29, 0.717) is 30.3 Å². The third-order valence-electron chi connectivity index (χ3n) is 8.17. The van der Waals surface area contributed by atoms with Crippen molar-refractivity contribution in [1.29, 1.82) is 0 Å². The summed E-state index contributed by atoms with van der Waals surface area (Å²) in [6.45, 7) is 6.39. The number of carbonyl (C=O) groups is 3. The molecular formula is C29H35ClN2O5S. The number of hydrogen-bond donors (Lipinski definition) is 1. The number of aliphatic hydroxyl groups excluding tert-OH is 1. The van der Waals surface area contributed by atoms with Crippen molar-refractivity contribution in [3.63, 3.8) is 0 Å². The highest BCUT2D eigenvalue weighted by molar-refractivity contribution is 8.02. The van der Waals surface area contributed by atoms with Crippen LogP contribution >= 0.6 is 23.4 Å². The highest BCUT2D eigenvalue weighted by Gasteiger charge is 2.74. The molecule has 2 amide bonds. The first-order valence-corrected chi connectivity index (χ1v) is 14.5. The van der Waals surface area contributed by atoms with Gasteiger partial charge in [-0.3, -0.25) is 14.4 Å². The third kappa shape index (κ3) is 4.38. The van der Waals surface area contributed by atoms with Gasteiger partial charge in [-0.1, -0.05) is 49.8 Å². The highest BCUT2D eigenvalue weighted by Crippen LogP contribution is 2.65. The zero-order valence-electron chi connectivity index (χ0n) is 22.0. The minimum Gasteiger partial charge on any atom is -0.465 e. The van der Waals surface area contributed by atoms with Gasteiger partial charge < -0.3 is 19.6 Å². The number of halogens is 1. The molecular weight excluding hydrogens is 524 g/mol. The van der Waals surface area contributed by atoms with Gasteiger partial charge in [0.05, 0.1) is 35.8 Å². The zero-order valence-corrected chi connectivity index (χ0v) is 23.6. The zero-order chi connectivity index (χ0) is 27.2. The number of anilines is 1. The summed E-state index contributed by atoms with van der Waals surface area (Å²) in [5.41, 5.74) is 0.678. The van der Waals surface area contributed by atoms with E-state index in [1.807, 2.05) is 39.0 Å². The number of benzene rings is 1. The van der Waals surface area contributed by atoms with Gasteiger partial charge in [-0.2, -0.15) is 0 Å². The van der Waals surface area contributed by atoms with Crippen molar-refractivity contribution in [2.75, 3.05) is 24.7 Å². The molecule has 6 atom stereocenters. The molecule has 1 aromatic rings. The van der Waals surface area contributed by atoms with Gasteiger partial charge in [-0.25, -0.2) is 0 Å². The largest absolute Gasteiger partial charge is 0.465 e. The second-order valence-corrected chi connectivity index (χ2v) is 13.5. The molecule has 1 spiro atoms. The fraction of sp³-hybridized carbons (Fsp3) is 0.552. The number of nitrogens with zero attached hydrogens (tertiary/aromatic N) is 2. The Bertz CT molecular complexity index is 1170. The summed E-state index contributed by atoms with van der Waals surface area (Å²) in [5, 5.41) is 11.0. The molecule has 1 aromatic carbocycles. The lowest BCUT2D eigenvalue weighted by atomic mass is 9.74. The monoisotopic (exact) mass is 558 g/mol. The predicted octanol–water partition coefficient (Wildman–Crippen LogP) is 4.23. The molecule has 7 nitrogen and oxygen atoms in total. The smallest absolute Gasteiger partial charge is 0.311 e.